The highest BCUT2D eigenvalue weighted by Crippen LogP contribution is 2.18. The summed E-state index contributed by atoms with van der Waals surface area (Å²) in [6.07, 6.45) is 1.55. The fourth-order valence-corrected chi connectivity index (χ4v) is 4.34. The molecule has 0 fully saturated rings. The smallest absolute Gasteiger partial charge is 0.359 e. The molecule has 0 spiro atoms. The van der Waals surface area contributed by atoms with E-state index in [9.17, 15) is 14.4 Å². The molecule has 0 bridgehead atoms. The Balaban J connectivity index is 1.50. The SMILES string of the molecule is CCCn1nc(C(=O)OCC(=O)c2cc(C)n(CCc3ccccc3)c2C)c2ccccc2c1=O. The van der Waals surface area contributed by atoms with Crippen LogP contribution in [0.2, 0.25) is 0 Å². The van der Waals surface area contributed by atoms with Crippen LogP contribution < -0.4 is 5.56 Å². The van der Waals surface area contributed by atoms with E-state index in [1.807, 2.05) is 45.0 Å². The summed E-state index contributed by atoms with van der Waals surface area (Å²) in [5.74, 6) is -0.999. The second-order valence-electron chi connectivity index (χ2n) is 8.59. The summed E-state index contributed by atoms with van der Waals surface area (Å²) < 4.78 is 8.77. The molecule has 0 amide bonds. The van der Waals surface area contributed by atoms with Gasteiger partial charge in [-0.2, -0.15) is 5.10 Å². The van der Waals surface area contributed by atoms with Crippen molar-refractivity contribution in [3.05, 3.63) is 99.2 Å². The van der Waals surface area contributed by atoms with E-state index in [0.29, 0.717) is 29.3 Å². The van der Waals surface area contributed by atoms with E-state index in [0.717, 1.165) is 24.4 Å². The Hall–Kier alpha value is -4.00. The van der Waals surface area contributed by atoms with Gasteiger partial charge in [-0.25, -0.2) is 9.48 Å². The lowest BCUT2D eigenvalue weighted by atomic mass is 10.1. The molecule has 7 nitrogen and oxygen atoms in total. The third kappa shape index (κ3) is 5.09. The third-order valence-corrected chi connectivity index (χ3v) is 6.17. The molecular formula is C28H29N3O4. The molecule has 0 aliphatic carbocycles. The molecule has 2 heterocycles. The highest BCUT2D eigenvalue weighted by Gasteiger charge is 2.21. The van der Waals surface area contributed by atoms with Gasteiger partial charge < -0.3 is 9.30 Å². The van der Waals surface area contributed by atoms with Gasteiger partial charge in [-0.05, 0) is 44.4 Å². The second-order valence-corrected chi connectivity index (χ2v) is 8.59. The van der Waals surface area contributed by atoms with Crippen LogP contribution in [0.4, 0.5) is 0 Å². The van der Waals surface area contributed by atoms with Gasteiger partial charge in [0.2, 0.25) is 5.78 Å². The number of Topliss-reactive ketones (excluding diaryl/α,β-unsaturated/α-hetero) is 1. The van der Waals surface area contributed by atoms with E-state index in [4.69, 9.17) is 4.74 Å². The van der Waals surface area contributed by atoms with Crippen LogP contribution in [0.3, 0.4) is 0 Å². The minimum absolute atomic E-state index is 0.0368. The molecule has 0 saturated carbocycles. The molecule has 0 aliphatic rings. The van der Waals surface area contributed by atoms with Gasteiger partial charge in [0.25, 0.3) is 5.56 Å². The van der Waals surface area contributed by atoms with Crippen molar-refractivity contribution < 1.29 is 14.3 Å². The number of benzene rings is 2. The van der Waals surface area contributed by atoms with Crippen molar-refractivity contribution in [1.82, 2.24) is 14.3 Å². The number of ketones is 1. The summed E-state index contributed by atoms with van der Waals surface area (Å²) in [5.41, 5.74) is 3.38. The molecule has 0 atom stereocenters. The number of carbonyl (C=O) groups excluding carboxylic acids is 2. The van der Waals surface area contributed by atoms with E-state index in [1.165, 1.54) is 10.2 Å². The van der Waals surface area contributed by atoms with Crippen LogP contribution in [0.1, 0.15) is 51.1 Å². The Morgan fingerprint density at radius 3 is 2.34 bits per heavy atom. The Kier molecular flexibility index (Phi) is 7.25. The predicted octanol–water partition coefficient (Wildman–Crippen LogP) is 4.51. The summed E-state index contributed by atoms with van der Waals surface area (Å²) >= 11 is 0. The molecule has 0 unspecified atom stereocenters. The highest BCUT2D eigenvalue weighted by atomic mass is 16.5. The van der Waals surface area contributed by atoms with Gasteiger partial charge in [0.15, 0.2) is 12.3 Å². The monoisotopic (exact) mass is 471 g/mol. The standard InChI is InChI=1S/C28H29N3O4/c1-4-15-31-27(33)23-13-9-8-12-22(23)26(29-31)28(34)35-18-25(32)24-17-19(2)30(20(24)3)16-14-21-10-6-5-7-11-21/h5-13,17H,4,14-16,18H2,1-3H3. The zero-order valence-electron chi connectivity index (χ0n) is 20.3. The second kappa shape index (κ2) is 10.5. The lowest BCUT2D eigenvalue weighted by molar-refractivity contribution is 0.0468. The number of hydrogen-bond acceptors (Lipinski definition) is 5. The van der Waals surface area contributed by atoms with Crippen molar-refractivity contribution in [2.75, 3.05) is 6.61 Å². The first-order chi connectivity index (χ1) is 16.9. The fourth-order valence-electron chi connectivity index (χ4n) is 4.34. The molecule has 4 aromatic rings. The average Bonchev–Trinajstić information content (AvgIpc) is 3.16. The number of nitrogens with zero attached hydrogens (tertiary/aromatic N) is 3. The number of hydrogen-bond donors (Lipinski definition) is 0. The molecule has 0 aliphatic heterocycles. The number of esters is 1. The number of fused-ring (bicyclic) bond motifs is 1. The molecule has 2 aromatic carbocycles. The normalized spacial score (nSPS) is 11.1. The molecule has 7 heteroatoms. The molecule has 180 valence electrons. The average molecular weight is 472 g/mol. The minimum atomic E-state index is -0.725. The van der Waals surface area contributed by atoms with Gasteiger partial charge in [-0.3, -0.25) is 9.59 Å². The number of ether oxygens (including phenoxy) is 1. The van der Waals surface area contributed by atoms with E-state index in [2.05, 4.69) is 21.8 Å². The lowest BCUT2D eigenvalue weighted by Crippen LogP contribution is -2.27. The minimum Gasteiger partial charge on any atom is -0.452 e. The van der Waals surface area contributed by atoms with Crippen LogP contribution in [-0.2, 0) is 24.2 Å². The first-order valence-electron chi connectivity index (χ1n) is 11.8. The Labute approximate surface area is 204 Å². The molecule has 35 heavy (non-hydrogen) atoms. The van der Waals surface area contributed by atoms with Crippen LogP contribution in [0.25, 0.3) is 10.8 Å². The Morgan fingerprint density at radius 1 is 0.943 bits per heavy atom. The topological polar surface area (TPSA) is 83.2 Å². The Morgan fingerprint density at radius 2 is 1.63 bits per heavy atom. The summed E-state index contributed by atoms with van der Waals surface area (Å²) in [7, 11) is 0. The van der Waals surface area contributed by atoms with Crippen molar-refractivity contribution in [3.63, 3.8) is 0 Å². The van der Waals surface area contributed by atoms with E-state index < -0.39 is 12.6 Å². The molecule has 2 aromatic heterocycles. The molecule has 4 rings (SSSR count). The van der Waals surface area contributed by atoms with Crippen molar-refractivity contribution >= 4 is 22.5 Å². The fraction of sp³-hybridized carbons (Fsp3) is 0.286. The molecular weight excluding hydrogens is 442 g/mol. The van der Waals surface area contributed by atoms with Crippen molar-refractivity contribution in [3.8, 4) is 0 Å². The van der Waals surface area contributed by atoms with Crippen molar-refractivity contribution in [2.24, 2.45) is 0 Å². The first kappa shape index (κ1) is 24.1. The van der Waals surface area contributed by atoms with E-state index in [1.54, 1.807) is 24.3 Å². The van der Waals surface area contributed by atoms with Gasteiger partial charge in [-0.1, -0.05) is 55.5 Å². The van der Waals surface area contributed by atoms with Gasteiger partial charge in [0.1, 0.15) is 0 Å². The summed E-state index contributed by atoms with van der Waals surface area (Å²) in [4.78, 5) is 38.5. The highest BCUT2D eigenvalue weighted by molar-refractivity contribution is 6.04. The summed E-state index contributed by atoms with van der Waals surface area (Å²) in [6.45, 7) is 6.54. The molecule has 0 radical (unpaired) electrons. The maximum atomic E-state index is 13.0. The maximum absolute atomic E-state index is 13.0. The van der Waals surface area contributed by atoms with E-state index in [-0.39, 0.29) is 17.0 Å². The molecule has 0 saturated heterocycles. The first-order valence-corrected chi connectivity index (χ1v) is 11.8. The molecule has 0 N–H and O–H groups in total. The number of aryl methyl sites for hydroxylation is 3. The lowest BCUT2D eigenvalue weighted by Gasteiger charge is -2.11. The Bertz CT molecular complexity index is 1430. The van der Waals surface area contributed by atoms with Crippen LogP contribution in [-0.4, -0.2) is 32.7 Å². The largest absolute Gasteiger partial charge is 0.452 e. The van der Waals surface area contributed by atoms with E-state index >= 15 is 0 Å². The van der Waals surface area contributed by atoms with Gasteiger partial charge in [0.05, 0.1) is 5.39 Å². The van der Waals surface area contributed by atoms with Gasteiger partial charge >= 0.3 is 5.97 Å². The quantitative estimate of drug-likeness (QED) is 0.265. The number of rotatable bonds is 9. The maximum Gasteiger partial charge on any atom is 0.359 e. The van der Waals surface area contributed by atoms with Crippen molar-refractivity contribution in [1.29, 1.82) is 0 Å². The summed E-state index contributed by atoms with van der Waals surface area (Å²) in [5, 5.41) is 5.06. The third-order valence-electron chi connectivity index (χ3n) is 6.17. The zero-order chi connectivity index (χ0) is 24.9. The van der Waals surface area contributed by atoms with Crippen LogP contribution >= 0.6 is 0 Å². The number of carbonyl (C=O) groups is 2. The van der Waals surface area contributed by atoms with Crippen LogP contribution in [0.15, 0.2) is 65.5 Å². The van der Waals surface area contributed by atoms with Gasteiger partial charge in [-0.15, -0.1) is 0 Å². The number of aromatic nitrogens is 3. The summed E-state index contributed by atoms with van der Waals surface area (Å²) in [6, 6.07) is 18.8. The van der Waals surface area contributed by atoms with Crippen LogP contribution in [0.5, 0.6) is 0 Å². The predicted molar refractivity (Wildman–Crippen MR) is 135 cm³/mol. The van der Waals surface area contributed by atoms with Gasteiger partial charge in [0, 0.05) is 35.4 Å². The van der Waals surface area contributed by atoms with Crippen LogP contribution in [0, 0.1) is 13.8 Å². The van der Waals surface area contributed by atoms with Crippen molar-refractivity contribution in [2.45, 2.75) is 46.7 Å². The zero-order valence-corrected chi connectivity index (χ0v) is 20.3.